The van der Waals surface area contributed by atoms with Gasteiger partial charge in [0.25, 0.3) is 0 Å². The topological polar surface area (TPSA) is 44.4 Å². The number of rotatable bonds is 1. The van der Waals surface area contributed by atoms with Crippen LogP contribution < -0.4 is 10.6 Å². The number of hydrogen-bond acceptors (Lipinski definition) is 2. The molecule has 2 N–H and O–H groups in total. The second-order valence-corrected chi connectivity index (χ2v) is 4.61. The summed E-state index contributed by atoms with van der Waals surface area (Å²) >= 11 is 0. The smallest absolute Gasteiger partial charge is 0.319 e. The van der Waals surface area contributed by atoms with Crippen LogP contribution in [0.25, 0.3) is 0 Å². The Kier molecular flexibility index (Phi) is 3.64. The maximum Gasteiger partial charge on any atom is 0.322 e. The highest BCUT2D eigenvalue weighted by Crippen LogP contribution is 2.11. The van der Waals surface area contributed by atoms with E-state index in [2.05, 4.69) is 24.5 Å². The van der Waals surface area contributed by atoms with E-state index >= 15 is 0 Å². The summed E-state index contributed by atoms with van der Waals surface area (Å²) in [4.78, 5) is 14.0. The lowest BCUT2D eigenvalue weighted by Crippen LogP contribution is -2.57. The van der Waals surface area contributed by atoms with Gasteiger partial charge in [0.1, 0.15) is 0 Å². The number of carbonyl (C=O) groups excluding carboxylic acids is 1. The molecule has 0 radical (unpaired) electrons. The number of nitrogens with one attached hydrogen (secondary N) is 2. The molecule has 0 aliphatic carbocycles. The highest BCUT2D eigenvalue weighted by molar-refractivity contribution is 5.89. The van der Waals surface area contributed by atoms with E-state index in [0.717, 1.165) is 18.8 Å². The number of carbonyl (C=O) groups is 1. The fourth-order valence-electron chi connectivity index (χ4n) is 2.02. The monoisotopic (exact) mass is 233 g/mol. The molecule has 2 amide bonds. The van der Waals surface area contributed by atoms with Crippen molar-refractivity contribution in [1.29, 1.82) is 0 Å². The van der Waals surface area contributed by atoms with Crippen LogP contribution in [0.2, 0.25) is 0 Å². The maximum atomic E-state index is 12.1. The largest absolute Gasteiger partial charge is 0.322 e. The zero-order valence-electron chi connectivity index (χ0n) is 10.3. The number of anilines is 1. The second-order valence-electron chi connectivity index (χ2n) is 4.61. The first-order valence-corrected chi connectivity index (χ1v) is 6.03. The van der Waals surface area contributed by atoms with Crippen molar-refractivity contribution in [2.75, 3.05) is 18.4 Å². The van der Waals surface area contributed by atoms with E-state index in [1.165, 1.54) is 0 Å². The Bertz CT molecular complexity index is 380. The standard InChI is InChI=1S/C13H19N3O/c1-10-9-16(11(2)8-14-10)13(17)15-12-6-4-3-5-7-12/h3-7,10-11,14H,8-9H2,1-2H3,(H,15,17). The van der Waals surface area contributed by atoms with Gasteiger partial charge in [0, 0.05) is 30.9 Å². The van der Waals surface area contributed by atoms with E-state index in [9.17, 15) is 4.79 Å². The van der Waals surface area contributed by atoms with E-state index in [-0.39, 0.29) is 12.1 Å². The van der Waals surface area contributed by atoms with Gasteiger partial charge in [0.2, 0.25) is 0 Å². The van der Waals surface area contributed by atoms with Crippen molar-refractivity contribution < 1.29 is 4.79 Å². The third-order valence-electron chi connectivity index (χ3n) is 3.05. The zero-order valence-corrected chi connectivity index (χ0v) is 10.3. The molecule has 2 rings (SSSR count). The van der Waals surface area contributed by atoms with Crippen molar-refractivity contribution >= 4 is 11.7 Å². The fourth-order valence-corrected chi connectivity index (χ4v) is 2.02. The van der Waals surface area contributed by atoms with Crippen LogP contribution in [-0.2, 0) is 0 Å². The highest BCUT2D eigenvalue weighted by atomic mass is 16.2. The molecule has 0 bridgehead atoms. The number of nitrogens with zero attached hydrogens (tertiary/aromatic N) is 1. The average Bonchev–Trinajstić information content (AvgIpc) is 2.33. The number of hydrogen-bond donors (Lipinski definition) is 2. The number of para-hydroxylation sites is 1. The van der Waals surface area contributed by atoms with Crippen molar-refractivity contribution in [3.05, 3.63) is 30.3 Å². The van der Waals surface area contributed by atoms with Crippen LogP contribution in [0.1, 0.15) is 13.8 Å². The van der Waals surface area contributed by atoms with E-state index in [4.69, 9.17) is 0 Å². The lowest BCUT2D eigenvalue weighted by molar-refractivity contribution is 0.162. The minimum absolute atomic E-state index is 0.0166. The predicted molar refractivity (Wildman–Crippen MR) is 69.1 cm³/mol. The lowest BCUT2D eigenvalue weighted by Gasteiger charge is -2.37. The van der Waals surface area contributed by atoms with Crippen molar-refractivity contribution in [3.8, 4) is 0 Å². The van der Waals surface area contributed by atoms with E-state index < -0.39 is 0 Å². The summed E-state index contributed by atoms with van der Waals surface area (Å²) in [5, 5.41) is 6.28. The van der Waals surface area contributed by atoms with Gasteiger partial charge in [-0.3, -0.25) is 0 Å². The lowest BCUT2D eigenvalue weighted by atomic mass is 10.1. The van der Waals surface area contributed by atoms with Crippen molar-refractivity contribution in [2.45, 2.75) is 25.9 Å². The van der Waals surface area contributed by atoms with Gasteiger partial charge in [-0.25, -0.2) is 4.79 Å². The zero-order chi connectivity index (χ0) is 12.3. The molecule has 1 heterocycles. The van der Waals surface area contributed by atoms with Crippen LogP contribution in [0, 0.1) is 0 Å². The van der Waals surface area contributed by atoms with Gasteiger partial charge in [-0.15, -0.1) is 0 Å². The third kappa shape index (κ3) is 2.97. The van der Waals surface area contributed by atoms with Gasteiger partial charge in [0.05, 0.1) is 0 Å². The van der Waals surface area contributed by atoms with Crippen LogP contribution in [-0.4, -0.2) is 36.1 Å². The van der Waals surface area contributed by atoms with Gasteiger partial charge < -0.3 is 15.5 Å². The summed E-state index contributed by atoms with van der Waals surface area (Å²) in [5.74, 6) is 0. The minimum atomic E-state index is -0.0166. The number of benzene rings is 1. The van der Waals surface area contributed by atoms with Gasteiger partial charge in [0.15, 0.2) is 0 Å². The molecule has 4 nitrogen and oxygen atoms in total. The summed E-state index contributed by atoms with van der Waals surface area (Å²) in [7, 11) is 0. The molecular formula is C13H19N3O. The Balaban J connectivity index is 1.99. The second kappa shape index (κ2) is 5.19. The quantitative estimate of drug-likeness (QED) is 0.778. The van der Waals surface area contributed by atoms with Gasteiger partial charge in [-0.2, -0.15) is 0 Å². The first kappa shape index (κ1) is 11.9. The molecule has 1 aliphatic heterocycles. The summed E-state index contributed by atoms with van der Waals surface area (Å²) in [6.45, 7) is 5.75. The molecular weight excluding hydrogens is 214 g/mol. The van der Waals surface area contributed by atoms with Crippen molar-refractivity contribution in [1.82, 2.24) is 10.2 Å². The van der Waals surface area contributed by atoms with Crippen LogP contribution >= 0.6 is 0 Å². The van der Waals surface area contributed by atoms with E-state index in [1.807, 2.05) is 35.2 Å². The van der Waals surface area contributed by atoms with Crippen molar-refractivity contribution in [2.24, 2.45) is 0 Å². The minimum Gasteiger partial charge on any atom is -0.319 e. The number of amides is 2. The first-order valence-electron chi connectivity index (χ1n) is 6.03. The molecule has 0 saturated carbocycles. The molecule has 17 heavy (non-hydrogen) atoms. The molecule has 0 aromatic heterocycles. The normalized spacial score (nSPS) is 24.5. The molecule has 1 aromatic carbocycles. The summed E-state index contributed by atoms with van der Waals surface area (Å²) in [5.41, 5.74) is 0.843. The molecule has 2 unspecified atom stereocenters. The Morgan fingerprint density at radius 3 is 2.76 bits per heavy atom. The maximum absolute atomic E-state index is 12.1. The number of urea groups is 1. The summed E-state index contributed by atoms with van der Waals surface area (Å²) in [6, 6.07) is 10.1. The molecule has 1 fully saturated rings. The molecule has 92 valence electrons. The molecule has 2 atom stereocenters. The average molecular weight is 233 g/mol. The summed E-state index contributed by atoms with van der Waals surface area (Å²) < 4.78 is 0. The van der Waals surface area contributed by atoms with Gasteiger partial charge in [-0.05, 0) is 26.0 Å². The molecule has 1 aromatic rings. The SMILES string of the molecule is CC1CN(C(=O)Nc2ccccc2)C(C)CN1. The Morgan fingerprint density at radius 1 is 1.35 bits per heavy atom. The van der Waals surface area contributed by atoms with Crippen molar-refractivity contribution in [3.63, 3.8) is 0 Å². The molecule has 0 spiro atoms. The summed E-state index contributed by atoms with van der Waals surface area (Å²) in [6.07, 6.45) is 0. The van der Waals surface area contributed by atoms with Gasteiger partial charge >= 0.3 is 6.03 Å². The highest BCUT2D eigenvalue weighted by Gasteiger charge is 2.26. The Labute approximate surface area is 102 Å². The van der Waals surface area contributed by atoms with Gasteiger partial charge in [-0.1, -0.05) is 18.2 Å². The van der Waals surface area contributed by atoms with Crippen LogP contribution in [0.4, 0.5) is 10.5 Å². The first-order chi connectivity index (χ1) is 8.16. The predicted octanol–water partition coefficient (Wildman–Crippen LogP) is 1.90. The Morgan fingerprint density at radius 2 is 2.06 bits per heavy atom. The number of piperazine rings is 1. The fraction of sp³-hybridized carbons (Fsp3) is 0.462. The van der Waals surface area contributed by atoms with E-state index in [1.54, 1.807) is 0 Å². The molecule has 4 heteroatoms. The van der Waals surface area contributed by atoms with Crippen LogP contribution in [0.5, 0.6) is 0 Å². The Hall–Kier alpha value is -1.55. The van der Waals surface area contributed by atoms with Crippen LogP contribution in [0.3, 0.4) is 0 Å². The third-order valence-corrected chi connectivity index (χ3v) is 3.05. The van der Waals surface area contributed by atoms with E-state index in [0.29, 0.717) is 6.04 Å². The molecule has 1 aliphatic rings. The molecule has 1 saturated heterocycles. The van der Waals surface area contributed by atoms with Crippen LogP contribution in [0.15, 0.2) is 30.3 Å².